The maximum Gasteiger partial charge on any atom is 0.316 e. The molecule has 13 heteroatoms. The molecule has 2 saturated carbocycles. The number of likely N-dealkylation sites (tertiary alicyclic amines) is 1. The first-order valence-corrected chi connectivity index (χ1v) is 17.7. The highest BCUT2D eigenvalue weighted by atomic mass is 32.2. The van der Waals surface area contributed by atoms with E-state index in [1.54, 1.807) is 18.2 Å². The monoisotopic (exact) mass is 659 g/mol. The van der Waals surface area contributed by atoms with E-state index in [4.69, 9.17) is 0 Å². The summed E-state index contributed by atoms with van der Waals surface area (Å²) in [5.41, 5.74) is -2.15. The van der Waals surface area contributed by atoms with Crippen molar-refractivity contribution in [3.8, 4) is 0 Å². The molecule has 0 radical (unpaired) electrons. The van der Waals surface area contributed by atoms with Crippen LogP contribution in [0, 0.1) is 29.1 Å². The van der Waals surface area contributed by atoms with Crippen LogP contribution in [0.1, 0.15) is 80.6 Å². The summed E-state index contributed by atoms with van der Waals surface area (Å²) in [6, 6.07) is 4.24. The number of rotatable bonds is 12. The highest BCUT2D eigenvalue weighted by Crippen LogP contribution is 2.39. The van der Waals surface area contributed by atoms with Gasteiger partial charge < -0.3 is 20.9 Å². The van der Waals surface area contributed by atoms with Crippen molar-refractivity contribution in [2.45, 2.75) is 109 Å². The number of hydrogen-bond acceptors (Lipinski definition) is 7. The summed E-state index contributed by atoms with van der Waals surface area (Å²) in [6.45, 7) is 13.3. The smallest absolute Gasteiger partial charge is 0.316 e. The molecule has 0 aromatic heterocycles. The van der Waals surface area contributed by atoms with Gasteiger partial charge in [-0.3, -0.25) is 19.2 Å². The van der Waals surface area contributed by atoms with Crippen molar-refractivity contribution in [3.05, 3.63) is 30.3 Å². The highest BCUT2D eigenvalue weighted by Gasteiger charge is 2.55. The van der Waals surface area contributed by atoms with E-state index in [1.807, 2.05) is 48.5 Å². The minimum atomic E-state index is -4.15. The van der Waals surface area contributed by atoms with Gasteiger partial charge in [0.1, 0.15) is 17.6 Å². The minimum absolute atomic E-state index is 0.00514. The Morgan fingerprint density at radius 2 is 1.52 bits per heavy atom. The molecule has 0 spiro atoms. The van der Waals surface area contributed by atoms with Gasteiger partial charge in [0, 0.05) is 12.5 Å². The fourth-order valence-corrected chi connectivity index (χ4v) is 7.21. The number of sulfonamides is 1. The number of amides is 5. The van der Waals surface area contributed by atoms with Gasteiger partial charge in [-0.25, -0.2) is 17.9 Å². The molecule has 12 nitrogen and oxygen atoms in total. The van der Waals surface area contributed by atoms with Gasteiger partial charge in [-0.2, -0.15) is 0 Å². The third-order valence-electron chi connectivity index (χ3n) is 9.31. The number of hydrogen-bond donors (Lipinski definition) is 4. The average Bonchev–Trinajstić information content (AvgIpc) is 3.91. The summed E-state index contributed by atoms with van der Waals surface area (Å²) in [5, 5.41) is 8.38. The fraction of sp³-hybridized carbons (Fsp3) is 0.667. The maximum atomic E-state index is 14.2. The van der Waals surface area contributed by atoms with E-state index in [9.17, 15) is 32.4 Å². The molecule has 4 N–H and O–H groups in total. The first kappa shape index (κ1) is 35.4. The molecule has 254 valence electrons. The van der Waals surface area contributed by atoms with Crippen molar-refractivity contribution in [3.63, 3.8) is 0 Å². The van der Waals surface area contributed by atoms with Gasteiger partial charge in [-0.05, 0) is 67.4 Å². The van der Waals surface area contributed by atoms with Crippen LogP contribution >= 0.6 is 0 Å². The Hall–Kier alpha value is -3.48. The van der Waals surface area contributed by atoms with Crippen molar-refractivity contribution in [2.75, 3.05) is 6.54 Å². The number of nitrogens with zero attached hydrogens (tertiary/aromatic N) is 1. The Morgan fingerprint density at radius 1 is 0.913 bits per heavy atom. The summed E-state index contributed by atoms with van der Waals surface area (Å²) in [6.07, 6.45) is 2.68. The average molecular weight is 660 g/mol. The van der Waals surface area contributed by atoms with Crippen LogP contribution in [-0.4, -0.2) is 73.1 Å². The summed E-state index contributed by atoms with van der Waals surface area (Å²) in [7, 11) is -4.15. The number of benzene rings is 1. The quantitative estimate of drug-likeness (QED) is 0.267. The molecule has 0 bridgehead atoms. The van der Waals surface area contributed by atoms with Gasteiger partial charge in [-0.1, -0.05) is 66.7 Å². The molecular weight excluding hydrogens is 610 g/mol. The second-order valence-corrected chi connectivity index (χ2v) is 16.5. The normalized spacial score (nSPS) is 22.2. The third-order valence-corrected chi connectivity index (χ3v) is 10.7. The van der Waals surface area contributed by atoms with Gasteiger partial charge >= 0.3 is 6.03 Å². The predicted molar refractivity (Wildman–Crippen MR) is 172 cm³/mol. The molecule has 1 unspecified atom stereocenters. The molecular formula is C33H49N5O7S. The van der Waals surface area contributed by atoms with Crippen LogP contribution < -0.4 is 20.7 Å². The Kier molecular flexibility index (Phi) is 10.2. The van der Waals surface area contributed by atoms with Crippen LogP contribution in [0.4, 0.5) is 4.79 Å². The van der Waals surface area contributed by atoms with Crippen molar-refractivity contribution >= 4 is 39.6 Å². The molecule has 1 aliphatic heterocycles. The Labute approximate surface area is 272 Å². The number of nitrogens with one attached hydrogen (secondary N) is 4. The molecule has 1 heterocycles. The highest BCUT2D eigenvalue weighted by molar-refractivity contribution is 7.90. The first-order chi connectivity index (χ1) is 21.4. The Balaban J connectivity index is 1.51. The molecule has 4 rings (SSSR count). The van der Waals surface area contributed by atoms with Crippen LogP contribution in [0.5, 0.6) is 0 Å². The largest absolute Gasteiger partial charge is 0.340 e. The lowest BCUT2D eigenvalue weighted by Gasteiger charge is -2.37. The number of urea groups is 1. The van der Waals surface area contributed by atoms with Crippen molar-refractivity contribution in [1.29, 1.82) is 0 Å². The van der Waals surface area contributed by atoms with E-state index in [-0.39, 0.29) is 53.7 Å². The molecule has 5 amide bonds. The van der Waals surface area contributed by atoms with E-state index in [0.29, 0.717) is 6.42 Å². The fourth-order valence-electron chi connectivity index (χ4n) is 6.14. The summed E-state index contributed by atoms with van der Waals surface area (Å²) in [4.78, 5) is 68.9. The number of ketones is 1. The van der Waals surface area contributed by atoms with Gasteiger partial charge in [0.25, 0.3) is 15.9 Å². The molecule has 2 aliphatic carbocycles. The lowest BCUT2D eigenvalue weighted by molar-refractivity contribution is -0.143. The number of Topliss-reactive ketones (excluding diaryl/α,β-unsaturated/α-hetero) is 1. The van der Waals surface area contributed by atoms with Crippen LogP contribution in [0.15, 0.2) is 35.2 Å². The first-order valence-electron chi connectivity index (χ1n) is 16.2. The number of carbonyl (C=O) groups excluding carboxylic acids is 5. The van der Waals surface area contributed by atoms with Crippen LogP contribution in [0.2, 0.25) is 0 Å². The van der Waals surface area contributed by atoms with Crippen LogP contribution in [0.3, 0.4) is 0 Å². The van der Waals surface area contributed by atoms with Gasteiger partial charge in [0.05, 0.1) is 10.9 Å². The van der Waals surface area contributed by atoms with Crippen molar-refractivity contribution in [2.24, 2.45) is 29.1 Å². The summed E-state index contributed by atoms with van der Waals surface area (Å²) >= 11 is 0. The SMILES string of the molecule is CC(C)C1CCN(C(=O)[C@@H](NC(=O)N[C@H](C(=O)C2CC2)C(C)C)C(C)(C)C)[C@@H]1C(=O)NC1(C(=O)NS(=O)(=O)c2ccccc2)CC1. The van der Waals surface area contributed by atoms with Gasteiger partial charge in [-0.15, -0.1) is 0 Å². The van der Waals surface area contributed by atoms with E-state index >= 15 is 0 Å². The molecule has 46 heavy (non-hydrogen) atoms. The Bertz CT molecular complexity index is 1450. The molecule has 1 aromatic carbocycles. The molecule has 1 aromatic rings. The molecule has 3 fully saturated rings. The molecule has 3 aliphatic rings. The molecule has 4 atom stereocenters. The van der Waals surface area contributed by atoms with Crippen molar-refractivity contribution in [1.82, 2.24) is 25.6 Å². The van der Waals surface area contributed by atoms with Crippen molar-refractivity contribution < 1.29 is 32.4 Å². The zero-order chi connectivity index (χ0) is 34.2. The molecule has 1 saturated heterocycles. The standard InChI is InChI=1S/C33H49N5O7S/c1-19(2)23-15-18-38(29(41)27(32(5,6)7)35-31(43)34-24(20(3)4)26(39)21-13-14-21)25(23)28(40)36-33(16-17-33)30(42)37-46(44,45)22-11-9-8-10-12-22/h8-12,19-21,23-25,27H,13-18H2,1-7H3,(H,36,40)(H,37,42)(H2,34,35,43)/t23?,24-,25-,27+/m0/s1. The van der Waals surface area contributed by atoms with E-state index < -0.39 is 62.9 Å². The van der Waals surface area contributed by atoms with E-state index in [0.717, 1.165) is 12.8 Å². The lowest BCUT2D eigenvalue weighted by atomic mass is 9.84. The minimum Gasteiger partial charge on any atom is -0.340 e. The summed E-state index contributed by atoms with van der Waals surface area (Å²) in [5.74, 6) is -2.20. The number of carbonyl (C=O) groups is 5. The Morgan fingerprint density at radius 3 is 2.02 bits per heavy atom. The second kappa shape index (κ2) is 13.3. The van der Waals surface area contributed by atoms with E-state index in [2.05, 4.69) is 20.7 Å². The maximum absolute atomic E-state index is 14.2. The van der Waals surface area contributed by atoms with Gasteiger partial charge in [0.2, 0.25) is 11.8 Å². The summed E-state index contributed by atoms with van der Waals surface area (Å²) < 4.78 is 27.7. The van der Waals surface area contributed by atoms with Crippen LogP contribution in [-0.2, 0) is 29.2 Å². The lowest BCUT2D eigenvalue weighted by Crippen LogP contribution is -2.62. The third kappa shape index (κ3) is 7.90. The zero-order valence-electron chi connectivity index (χ0n) is 27.9. The topological polar surface area (TPSA) is 171 Å². The predicted octanol–water partition coefficient (Wildman–Crippen LogP) is 2.73. The van der Waals surface area contributed by atoms with E-state index in [1.165, 1.54) is 17.0 Å². The van der Waals surface area contributed by atoms with Crippen LogP contribution in [0.25, 0.3) is 0 Å². The van der Waals surface area contributed by atoms with Gasteiger partial charge in [0.15, 0.2) is 5.78 Å². The second-order valence-electron chi connectivity index (χ2n) is 14.8. The zero-order valence-corrected chi connectivity index (χ0v) is 28.7.